The van der Waals surface area contributed by atoms with E-state index >= 15 is 0 Å². The maximum absolute atomic E-state index is 13.3. The third-order valence-corrected chi connectivity index (χ3v) is 5.36. The van der Waals surface area contributed by atoms with Crippen LogP contribution in [0.25, 0.3) is 0 Å². The first kappa shape index (κ1) is 20.2. The van der Waals surface area contributed by atoms with Gasteiger partial charge in [0.1, 0.15) is 18.0 Å². The first-order chi connectivity index (χ1) is 13.0. The first-order valence-corrected chi connectivity index (χ1v) is 9.28. The number of nitrogens with one attached hydrogen (secondary N) is 1. The first-order valence-electron chi connectivity index (χ1n) is 9.28. The fraction of sp³-hybridized carbons (Fsp3) is 0.632. The van der Waals surface area contributed by atoms with Crippen LogP contribution in [0, 0.1) is 5.82 Å². The van der Waals surface area contributed by atoms with Gasteiger partial charge >= 0.3 is 0 Å². The highest BCUT2D eigenvalue weighted by atomic mass is 19.1. The molecule has 0 aromatic heterocycles. The minimum atomic E-state index is -0.858. The van der Waals surface area contributed by atoms with Crippen LogP contribution >= 0.6 is 0 Å². The van der Waals surface area contributed by atoms with Crippen LogP contribution in [0.1, 0.15) is 23.2 Å². The predicted molar refractivity (Wildman–Crippen MR) is 95.9 cm³/mol. The Balaban J connectivity index is 1.69. The Hall–Kier alpha value is -1.58. The predicted octanol–water partition coefficient (Wildman–Crippen LogP) is 0.156. The Morgan fingerprint density at radius 3 is 2.96 bits per heavy atom. The maximum atomic E-state index is 13.3. The number of rotatable bonds is 7. The molecule has 7 nitrogen and oxygen atoms in total. The van der Waals surface area contributed by atoms with Crippen LogP contribution in [-0.2, 0) is 9.47 Å². The molecule has 27 heavy (non-hydrogen) atoms. The molecule has 0 radical (unpaired) electrons. The number of hydrogen-bond donors (Lipinski definition) is 3. The van der Waals surface area contributed by atoms with Gasteiger partial charge < -0.3 is 25.0 Å². The number of amides is 1. The summed E-state index contributed by atoms with van der Waals surface area (Å²) in [5, 5.41) is 22.9. The minimum Gasteiger partial charge on any atom is -0.394 e. The number of carbonyl (C=O) groups excluding carboxylic acids is 1. The lowest BCUT2D eigenvalue weighted by Gasteiger charge is -2.34. The van der Waals surface area contributed by atoms with E-state index in [-0.39, 0.29) is 30.8 Å². The summed E-state index contributed by atoms with van der Waals surface area (Å²) in [7, 11) is 1.64. The molecule has 1 aromatic carbocycles. The van der Waals surface area contributed by atoms with E-state index in [1.165, 1.54) is 24.3 Å². The highest BCUT2D eigenvalue weighted by Gasteiger charge is 2.48. The van der Waals surface area contributed by atoms with Crippen molar-refractivity contribution in [2.75, 3.05) is 33.4 Å². The van der Waals surface area contributed by atoms with Crippen molar-refractivity contribution in [2.45, 2.75) is 43.2 Å². The lowest BCUT2D eigenvalue weighted by atomic mass is 10.0. The highest BCUT2D eigenvalue weighted by Crippen LogP contribution is 2.31. The molecule has 5 atom stereocenters. The molecule has 150 valence electrons. The Morgan fingerprint density at radius 2 is 2.26 bits per heavy atom. The quantitative estimate of drug-likeness (QED) is 0.622. The number of ether oxygens (including phenoxy) is 2. The van der Waals surface area contributed by atoms with E-state index in [2.05, 4.69) is 10.2 Å². The maximum Gasteiger partial charge on any atom is 0.251 e. The van der Waals surface area contributed by atoms with Crippen molar-refractivity contribution in [3.8, 4) is 0 Å². The van der Waals surface area contributed by atoms with Gasteiger partial charge in [0.25, 0.3) is 5.91 Å². The number of hydrogen-bond acceptors (Lipinski definition) is 6. The normalized spacial score (nSPS) is 31.3. The third kappa shape index (κ3) is 4.47. The van der Waals surface area contributed by atoms with Crippen molar-refractivity contribution in [1.29, 1.82) is 0 Å². The van der Waals surface area contributed by atoms with Gasteiger partial charge in [-0.05, 0) is 37.6 Å². The van der Waals surface area contributed by atoms with Gasteiger partial charge in [-0.15, -0.1) is 0 Å². The van der Waals surface area contributed by atoms with Crippen LogP contribution in [0.3, 0.4) is 0 Å². The van der Waals surface area contributed by atoms with Crippen LogP contribution in [0.4, 0.5) is 4.39 Å². The molecule has 1 aromatic rings. The second-order valence-electron chi connectivity index (χ2n) is 7.09. The molecule has 2 heterocycles. The average Bonchev–Trinajstić information content (AvgIpc) is 3.23. The SMILES string of the molecule is COC[C@@H]1CCCN1[C@H]1[C@H](O)[C@H](CO)O[C@@H]1CNC(=O)c1cccc(F)c1. The van der Waals surface area contributed by atoms with Crippen molar-refractivity contribution < 1.29 is 28.9 Å². The zero-order chi connectivity index (χ0) is 19.4. The topological polar surface area (TPSA) is 91.3 Å². The van der Waals surface area contributed by atoms with Gasteiger partial charge in [-0.25, -0.2) is 4.39 Å². The van der Waals surface area contributed by atoms with Crippen molar-refractivity contribution in [3.05, 3.63) is 35.6 Å². The third-order valence-electron chi connectivity index (χ3n) is 5.36. The molecular weight excluding hydrogens is 355 g/mol. The number of methoxy groups -OCH3 is 1. The summed E-state index contributed by atoms with van der Waals surface area (Å²) in [4.78, 5) is 14.5. The Bertz CT molecular complexity index is 646. The fourth-order valence-electron chi connectivity index (χ4n) is 4.10. The average molecular weight is 382 g/mol. The van der Waals surface area contributed by atoms with Crippen LogP contribution in [-0.4, -0.2) is 84.8 Å². The van der Waals surface area contributed by atoms with Gasteiger partial charge in [0, 0.05) is 25.3 Å². The molecule has 8 heteroatoms. The summed E-state index contributed by atoms with van der Waals surface area (Å²) in [6, 6.07) is 5.27. The van der Waals surface area contributed by atoms with Gasteiger partial charge in [-0.3, -0.25) is 9.69 Å². The fourth-order valence-corrected chi connectivity index (χ4v) is 4.10. The number of aliphatic hydroxyl groups excluding tert-OH is 2. The van der Waals surface area contributed by atoms with Crippen LogP contribution in [0.5, 0.6) is 0 Å². The van der Waals surface area contributed by atoms with E-state index in [0.717, 1.165) is 19.4 Å². The second-order valence-corrected chi connectivity index (χ2v) is 7.09. The smallest absolute Gasteiger partial charge is 0.251 e. The Kier molecular flexibility index (Phi) is 6.78. The summed E-state index contributed by atoms with van der Waals surface area (Å²) in [6.07, 6.45) is -0.0855. The summed E-state index contributed by atoms with van der Waals surface area (Å²) < 4.78 is 24.4. The molecule has 3 rings (SSSR count). The van der Waals surface area contributed by atoms with Gasteiger partial charge in [0.15, 0.2) is 0 Å². The monoisotopic (exact) mass is 382 g/mol. The van der Waals surface area contributed by atoms with Gasteiger partial charge in [0.2, 0.25) is 0 Å². The van der Waals surface area contributed by atoms with E-state index in [0.29, 0.717) is 6.61 Å². The van der Waals surface area contributed by atoms with Crippen molar-refractivity contribution in [1.82, 2.24) is 10.2 Å². The molecule has 1 amide bonds. The highest BCUT2D eigenvalue weighted by molar-refractivity contribution is 5.94. The molecule has 2 saturated heterocycles. The minimum absolute atomic E-state index is 0.157. The molecule has 0 saturated carbocycles. The summed E-state index contributed by atoms with van der Waals surface area (Å²) in [5.74, 6) is -0.887. The second kappa shape index (κ2) is 9.07. The summed E-state index contributed by atoms with van der Waals surface area (Å²) in [5.41, 5.74) is 0.224. The Labute approximate surface area is 158 Å². The van der Waals surface area contributed by atoms with E-state index in [4.69, 9.17) is 9.47 Å². The zero-order valence-electron chi connectivity index (χ0n) is 15.4. The molecule has 0 bridgehead atoms. The lowest BCUT2D eigenvalue weighted by Crippen LogP contribution is -2.53. The molecule has 2 aliphatic heterocycles. The van der Waals surface area contributed by atoms with Crippen LogP contribution < -0.4 is 5.32 Å². The number of nitrogens with zero attached hydrogens (tertiary/aromatic N) is 1. The standard InChI is InChI=1S/C19H27FN2O5/c1-26-11-14-6-3-7-22(14)17-15(27-16(10-23)18(17)24)9-21-19(25)12-4-2-5-13(20)8-12/h2,4-5,8,14-18,23-24H,3,6-7,9-11H2,1H3,(H,21,25)/t14-,15+,16-,17+,18+/m0/s1. The molecule has 0 spiro atoms. The van der Waals surface area contributed by atoms with E-state index in [1.54, 1.807) is 7.11 Å². The zero-order valence-corrected chi connectivity index (χ0v) is 15.4. The summed E-state index contributed by atoms with van der Waals surface area (Å²) in [6.45, 7) is 1.21. The van der Waals surface area contributed by atoms with Gasteiger partial charge in [-0.2, -0.15) is 0 Å². The van der Waals surface area contributed by atoms with Gasteiger partial charge in [-0.1, -0.05) is 6.07 Å². The summed E-state index contributed by atoms with van der Waals surface area (Å²) >= 11 is 0. The number of carbonyl (C=O) groups is 1. The van der Waals surface area contributed by atoms with Crippen molar-refractivity contribution >= 4 is 5.91 Å². The molecule has 2 fully saturated rings. The van der Waals surface area contributed by atoms with Crippen molar-refractivity contribution in [2.24, 2.45) is 0 Å². The van der Waals surface area contributed by atoms with E-state index in [9.17, 15) is 19.4 Å². The lowest BCUT2D eigenvalue weighted by molar-refractivity contribution is -0.0209. The molecule has 3 N–H and O–H groups in total. The van der Waals surface area contributed by atoms with Crippen LogP contribution in [0.2, 0.25) is 0 Å². The number of benzene rings is 1. The van der Waals surface area contributed by atoms with E-state index < -0.39 is 30.0 Å². The van der Waals surface area contributed by atoms with Crippen molar-refractivity contribution in [3.63, 3.8) is 0 Å². The van der Waals surface area contributed by atoms with Gasteiger partial charge in [0.05, 0.1) is 25.4 Å². The molecule has 0 aliphatic carbocycles. The molecule has 0 unspecified atom stereocenters. The van der Waals surface area contributed by atoms with Crippen LogP contribution in [0.15, 0.2) is 24.3 Å². The molecular formula is C19H27FN2O5. The number of halogens is 1. The largest absolute Gasteiger partial charge is 0.394 e. The van der Waals surface area contributed by atoms with E-state index in [1.807, 2.05) is 0 Å². The number of aliphatic hydroxyl groups is 2. The Morgan fingerprint density at radius 1 is 1.44 bits per heavy atom. The molecule has 2 aliphatic rings. The number of likely N-dealkylation sites (tertiary alicyclic amines) is 1.